The second kappa shape index (κ2) is 7.25. The summed E-state index contributed by atoms with van der Waals surface area (Å²) in [6.07, 6.45) is -3.90. The molecule has 2 unspecified atom stereocenters. The van der Waals surface area contributed by atoms with Gasteiger partial charge in [-0.05, 0) is 24.5 Å². The number of piperidine rings is 1. The fourth-order valence-corrected chi connectivity index (χ4v) is 3.45. The summed E-state index contributed by atoms with van der Waals surface area (Å²) in [7, 11) is 0. The van der Waals surface area contributed by atoms with Crippen LogP contribution in [0.2, 0.25) is 0 Å². The van der Waals surface area contributed by atoms with Crippen LogP contribution < -0.4 is 0 Å². The highest BCUT2D eigenvalue weighted by Gasteiger charge is 2.43. The number of aliphatic carboxylic acids is 1. The van der Waals surface area contributed by atoms with E-state index in [0.717, 1.165) is 23.2 Å². The maximum Gasteiger partial charge on any atom is 0.434 e. The molecule has 0 aliphatic carbocycles. The van der Waals surface area contributed by atoms with Crippen molar-refractivity contribution in [2.45, 2.75) is 19.5 Å². The van der Waals surface area contributed by atoms with E-state index in [1.165, 1.54) is 12.1 Å². The van der Waals surface area contributed by atoms with Gasteiger partial charge in [0.1, 0.15) is 11.5 Å². The normalized spacial score (nSPS) is 20.2. The van der Waals surface area contributed by atoms with Crippen molar-refractivity contribution in [3.8, 4) is 5.69 Å². The number of hydrogen-bond acceptors (Lipinski definition) is 3. The van der Waals surface area contributed by atoms with Gasteiger partial charge < -0.3 is 10.0 Å². The summed E-state index contributed by atoms with van der Waals surface area (Å²) in [4.78, 5) is 25.2. The number of carbonyl (C=O) groups is 2. The quantitative estimate of drug-likeness (QED) is 0.805. The largest absolute Gasteiger partial charge is 0.481 e. The molecule has 150 valence electrons. The number of para-hydroxylation sites is 1. The monoisotopic (exact) mass is 399 g/mol. The van der Waals surface area contributed by atoms with Gasteiger partial charge in [0.25, 0.3) is 5.91 Å². The van der Waals surface area contributed by atoms with E-state index in [1.807, 2.05) is 0 Å². The SMILES string of the molecule is CC1CC(C(=O)O)CN(C(=O)c2cnn(-c3ccccc3F)c2C(F)(F)F)C1. The number of carboxylic acids is 1. The molecule has 2 aromatic rings. The molecule has 0 radical (unpaired) electrons. The first-order valence-corrected chi connectivity index (χ1v) is 8.51. The second-order valence-electron chi connectivity index (χ2n) is 6.85. The number of aromatic nitrogens is 2. The number of carbonyl (C=O) groups excluding carboxylic acids is 1. The van der Waals surface area contributed by atoms with Gasteiger partial charge in [-0.1, -0.05) is 19.1 Å². The second-order valence-corrected chi connectivity index (χ2v) is 6.85. The van der Waals surface area contributed by atoms with Crippen molar-refractivity contribution < 1.29 is 32.3 Å². The van der Waals surface area contributed by atoms with E-state index >= 15 is 0 Å². The molecule has 1 aliphatic heterocycles. The van der Waals surface area contributed by atoms with Gasteiger partial charge in [0.15, 0.2) is 5.69 Å². The number of hydrogen-bond donors (Lipinski definition) is 1. The van der Waals surface area contributed by atoms with Crippen molar-refractivity contribution in [1.82, 2.24) is 14.7 Å². The number of rotatable bonds is 3. The maximum absolute atomic E-state index is 14.0. The molecule has 1 fully saturated rings. The minimum absolute atomic E-state index is 0.130. The van der Waals surface area contributed by atoms with Crippen LogP contribution in [0.25, 0.3) is 5.69 Å². The Hall–Kier alpha value is -2.91. The summed E-state index contributed by atoms with van der Waals surface area (Å²) in [5, 5.41) is 12.8. The number of likely N-dealkylation sites (tertiary alicyclic amines) is 1. The topological polar surface area (TPSA) is 75.4 Å². The zero-order chi connectivity index (χ0) is 20.6. The summed E-state index contributed by atoms with van der Waals surface area (Å²) in [6.45, 7) is 1.66. The Balaban J connectivity index is 2.04. The lowest BCUT2D eigenvalue weighted by atomic mass is 9.90. The number of carboxylic acid groups (broad SMARTS) is 1. The lowest BCUT2D eigenvalue weighted by molar-refractivity contribution is -0.145. The molecule has 1 saturated heterocycles. The standard InChI is InChI=1S/C18H17F4N3O3/c1-10-6-11(17(27)28)9-24(8-10)16(26)12-7-23-25(15(12)18(20,21)22)14-5-3-2-4-13(14)19/h2-5,7,10-11H,6,8-9H2,1H3,(H,27,28). The van der Waals surface area contributed by atoms with Crippen molar-refractivity contribution in [2.75, 3.05) is 13.1 Å². The smallest absolute Gasteiger partial charge is 0.434 e. The van der Waals surface area contributed by atoms with Gasteiger partial charge in [-0.2, -0.15) is 18.3 Å². The Bertz CT molecular complexity index is 910. The first-order chi connectivity index (χ1) is 13.1. The van der Waals surface area contributed by atoms with Crippen molar-refractivity contribution >= 4 is 11.9 Å². The third-order valence-corrected chi connectivity index (χ3v) is 4.64. The van der Waals surface area contributed by atoms with Gasteiger partial charge in [-0.15, -0.1) is 0 Å². The first kappa shape index (κ1) is 19.8. The minimum Gasteiger partial charge on any atom is -0.481 e. The number of amides is 1. The molecule has 0 spiro atoms. The van der Waals surface area contributed by atoms with Gasteiger partial charge >= 0.3 is 12.1 Å². The van der Waals surface area contributed by atoms with Crippen LogP contribution in [-0.4, -0.2) is 44.8 Å². The molecular formula is C18H17F4N3O3. The molecule has 0 bridgehead atoms. The van der Waals surface area contributed by atoms with Gasteiger partial charge in [-0.3, -0.25) is 9.59 Å². The average molecular weight is 399 g/mol. The van der Waals surface area contributed by atoms with Gasteiger partial charge in [0.05, 0.1) is 17.7 Å². The molecule has 0 saturated carbocycles. The van der Waals surface area contributed by atoms with E-state index in [1.54, 1.807) is 6.92 Å². The summed E-state index contributed by atoms with van der Waals surface area (Å²) < 4.78 is 55.5. The summed E-state index contributed by atoms with van der Waals surface area (Å²) in [5.74, 6) is -4.05. The van der Waals surface area contributed by atoms with Crippen LogP contribution in [0.5, 0.6) is 0 Å². The third kappa shape index (κ3) is 3.71. The Morgan fingerprint density at radius 3 is 2.50 bits per heavy atom. The number of nitrogens with zero attached hydrogens (tertiary/aromatic N) is 3. The average Bonchev–Trinajstić information content (AvgIpc) is 3.06. The lowest BCUT2D eigenvalue weighted by Gasteiger charge is -2.34. The Morgan fingerprint density at radius 2 is 1.89 bits per heavy atom. The summed E-state index contributed by atoms with van der Waals surface area (Å²) in [6, 6.07) is 4.78. The van der Waals surface area contributed by atoms with Crippen molar-refractivity contribution in [1.29, 1.82) is 0 Å². The van der Waals surface area contributed by atoms with Crippen LogP contribution >= 0.6 is 0 Å². The first-order valence-electron chi connectivity index (χ1n) is 8.51. The maximum atomic E-state index is 14.0. The van der Waals surface area contributed by atoms with Gasteiger partial charge in [0, 0.05) is 13.1 Å². The van der Waals surface area contributed by atoms with Crippen LogP contribution in [0.4, 0.5) is 17.6 Å². The highest BCUT2D eigenvalue weighted by molar-refractivity contribution is 5.96. The number of halogens is 4. The van der Waals surface area contributed by atoms with Crippen LogP contribution in [-0.2, 0) is 11.0 Å². The van der Waals surface area contributed by atoms with E-state index in [4.69, 9.17) is 0 Å². The van der Waals surface area contributed by atoms with E-state index < -0.39 is 46.7 Å². The highest BCUT2D eigenvalue weighted by Crippen LogP contribution is 2.35. The molecule has 3 rings (SSSR count). The molecule has 1 N–H and O–H groups in total. The predicted octanol–water partition coefficient (Wildman–Crippen LogP) is 3.21. The molecule has 10 heteroatoms. The molecular weight excluding hydrogens is 382 g/mol. The van der Waals surface area contributed by atoms with E-state index in [9.17, 15) is 32.3 Å². The van der Waals surface area contributed by atoms with Crippen molar-refractivity contribution in [3.05, 3.63) is 47.5 Å². The van der Waals surface area contributed by atoms with Gasteiger partial charge in [-0.25, -0.2) is 9.07 Å². The molecule has 1 aliphatic rings. The van der Waals surface area contributed by atoms with Crippen molar-refractivity contribution in [3.63, 3.8) is 0 Å². The predicted molar refractivity (Wildman–Crippen MR) is 89.3 cm³/mol. The zero-order valence-electron chi connectivity index (χ0n) is 14.8. The molecule has 1 aromatic carbocycles. The lowest BCUT2D eigenvalue weighted by Crippen LogP contribution is -2.45. The van der Waals surface area contributed by atoms with Crippen LogP contribution in [0, 0.1) is 17.7 Å². The fraction of sp³-hybridized carbons (Fsp3) is 0.389. The number of alkyl halides is 3. The summed E-state index contributed by atoms with van der Waals surface area (Å²) >= 11 is 0. The van der Waals surface area contributed by atoms with Crippen molar-refractivity contribution in [2.24, 2.45) is 11.8 Å². The van der Waals surface area contributed by atoms with Crippen LogP contribution in [0.1, 0.15) is 29.4 Å². The zero-order valence-corrected chi connectivity index (χ0v) is 14.8. The number of benzene rings is 1. The van der Waals surface area contributed by atoms with E-state index in [-0.39, 0.29) is 19.0 Å². The summed E-state index contributed by atoms with van der Waals surface area (Å²) in [5.41, 5.74) is -2.58. The molecule has 6 nitrogen and oxygen atoms in total. The van der Waals surface area contributed by atoms with E-state index in [2.05, 4.69) is 5.10 Å². The molecule has 2 heterocycles. The molecule has 1 amide bonds. The fourth-order valence-electron chi connectivity index (χ4n) is 3.45. The molecule has 2 atom stereocenters. The minimum atomic E-state index is -4.97. The highest BCUT2D eigenvalue weighted by atomic mass is 19.4. The molecule has 28 heavy (non-hydrogen) atoms. The Morgan fingerprint density at radius 1 is 1.21 bits per heavy atom. The third-order valence-electron chi connectivity index (χ3n) is 4.64. The van der Waals surface area contributed by atoms with E-state index in [0.29, 0.717) is 11.1 Å². The Labute approximate surface area is 157 Å². The Kier molecular flexibility index (Phi) is 5.14. The van der Waals surface area contributed by atoms with Crippen LogP contribution in [0.15, 0.2) is 30.5 Å². The van der Waals surface area contributed by atoms with Crippen LogP contribution in [0.3, 0.4) is 0 Å². The molecule has 1 aromatic heterocycles. The van der Waals surface area contributed by atoms with Gasteiger partial charge in [0.2, 0.25) is 0 Å².